The number of hydrogen-bond donors (Lipinski definition) is 2. The first-order valence-electron chi connectivity index (χ1n) is 6.58. The quantitative estimate of drug-likeness (QED) is 0.870. The van der Waals surface area contributed by atoms with Crippen molar-refractivity contribution in [2.75, 3.05) is 17.6 Å². The first-order chi connectivity index (χ1) is 10.1. The number of carboxylic acid groups (broad SMARTS) is 1. The fourth-order valence-electron chi connectivity index (χ4n) is 1.78. The molecule has 1 aromatic carbocycles. The first kappa shape index (κ1) is 15.9. The van der Waals surface area contributed by atoms with E-state index in [0.717, 1.165) is 16.7 Å². The van der Waals surface area contributed by atoms with Crippen LogP contribution in [0, 0.1) is 0 Å². The third-order valence-electron chi connectivity index (χ3n) is 2.84. The van der Waals surface area contributed by atoms with Gasteiger partial charge in [-0.3, -0.25) is 9.79 Å². The van der Waals surface area contributed by atoms with Gasteiger partial charge in [-0.05, 0) is 24.6 Å². The van der Waals surface area contributed by atoms with Crippen LogP contribution in [0.25, 0.3) is 0 Å². The zero-order valence-corrected chi connectivity index (χ0v) is 13.2. The van der Waals surface area contributed by atoms with Gasteiger partial charge in [0.1, 0.15) is 4.38 Å². The van der Waals surface area contributed by atoms with Crippen molar-refractivity contribution < 1.29 is 14.7 Å². The summed E-state index contributed by atoms with van der Waals surface area (Å²) in [5.74, 6) is -0.161. The Balaban J connectivity index is 2.01. The van der Waals surface area contributed by atoms with Crippen molar-refractivity contribution in [1.82, 2.24) is 0 Å². The number of carbonyl (C=O) groups excluding carboxylic acids is 1. The molecule has 0 saturated carbocycles. The molecule has 112 valence electrons. The van der Waals surface area contributed by atoms with E-state index in [9.17, 15) is 9.59 Å². The highest BCUT2D eigenvalue weighted by Gasteiger charge is 2.21. The average molecular weight is 324 g/mol. The number of nitrogens with zero attached hydrogens (tertiary/aromatic N) is 1. The monoisotopic (exact) mass is 324 g/mol. The maximum atomic E-state index is 12.3. The number of aliphatic imine (C=N–C) groups is 1. The van der Waals surface area contributed by atoms with Crippen molar-refractivity contribution in [1.29, 1.82) is 0 Å². The van der Waals surface area contributed by atoms with E-state index in [4.69, 9.17) is 5.11 Å². The van der Waals surface area contributed by atoms with Gasteiger partial charge in [0.05, 0.1) is 17.4 Å². The third kappa shape index (κ3) is 4.50. The topological polar surface area (TPSA) is 78.8 Å². The molecule has 21 heavy (non-hydrogen) atoms. The van der Waals surface area contributed by atoms with Gasteiger partial charge in [-0.15, -0.1) is 0 Å². The molecule has 0 aliphatic carbocycles. The number of nitrogens with one attached hydrogen (secondary N) is 1. The number of amides is 1. The second-order valence-corrected chi connectivity index (χ2v) is 6.92. The Morgan fingerprint density at radius 3 is 2.95 bits per heavy atom. The predicted octanol–water partition coefficient (Wildman–Crippen LogP) is 2.94. The normalized spacial score (nSPS) is 15.4. The van der Waals surface area contributed by atoms with Gasteiger partial charge in [-0.2, -0.15) is 0 Å². The molecule has 2 N–H and O–H groups in total. The van der Waals surface area contributed by atoms with E-state index in [1.807, 2.05) is 6.92 Å². The molecule has 7 heteroatoms. The van der Waals surface area contributed by atoms with Gasteiger partial charge in [0.2, 0.25) is 5.91 Å². The lowest BCUT2D eigenvalue weighted by Crippen LogP contribution is -2.25. The summed E-state index contributed by atoms with van der Waals surface area (Å²) in [6.07, 6.45) is 0.689. The van der Waals surface area contributed by atoms with Crippen molar-refractivity contribution in [2.45, 2.75) is 18.6 Å². The maximum Gasteiger partial charge on any atom is 0.335 e. The second-order valence-electron chi connectivity index (χ2n) is 4.39. The third-order valence-corrected chi connectivity index (χ3v) is 5.41. The number of anilines is 1. The van der Waals surface area contributed by atoms with Crippen LogP contribution in [0.3, 0.4) is 0 Å². The van der Waals surface area contributed by atoms with Crippen LogP contribution in [0.1, 0.15) is 23.7 Å². The van der Waals surface area contributed by atoms with E-state index in [2.05, 4.69) is 10.3 Å². The van der Waals surface area contributed by atoms with Crippen molar-refractivity contribution in [3.63, 3.8) is 0 Å². The number of carboxylic acids is 1. The maximum absolute atomic E-state index is 12.3. The second kappa shape index (κ2) is 7.51. The fourth-order valence-corrected chi connectivity index (χ4v) is 3.94. The molecule has 1 aliphatic heterocycles. The lowest BCUT2D eigenvalue weighted by atomic mass is 10.2. The van der Waals surface area contributed by atoms with Gasteiger partial charge in [-0.1, -0.05) is 36.5 Å². The molecule has 1 aliphatic rings. The summed E-state index contributed by atoms with van der Waals surface area (Å²) in [7, 11) is 0. The molecule has 0 fully saturated rings. The fraction of sp³-hybridized carbons (Fsp3) is 0.357. The van der Waals surface area contributed by atoms with Gasteiger partial charge < -0.3 is 10.4 Å². The highest BCUT2D eigenvalue weighted by atomic mass is 32.2. The van der Waals surface area contributed by atoms with Crippen molar-refractivity contribution in [2.24, 2.45) is 4.99 Å². The Bertz CT molecular complexity index is 575. The van der Waals surface area contributed by atoms with E-state index >= 15 is 0 Å². The molecule has 1 heterocycles. The number of thioether (sulfide) groups is 2. The summed E-state index contributed by atoms with van der Waals surface area (Å²) in [6, 6.07) is 6.25. The van der Waals surface area contributed by atoms with Crippen molar-refractivity contribution >= 4 is 45.5 Å². The van der Waals surface area contributed by atoms with Crippen LogP contribution in [0.5, 0.6) is 0 Å². The van der Waals surface area contributed by atoms with Crippen LogP contribution >= 0.6 is 23.5 Å². The smallest absolute Gasteiger partial charge is 0.335 e. The number of carbonyl (C=O) groups is 2. The molecule has 0 radical (unpaired) electrons. The van der Waals surface area contributed by atoms with Crippen LogP contribution in [0.2, 0.25) is 0 Å². The number of rotatable bonds is 5. The highest BCUT2D eigenvalue weighted by Crippen LogP contribution is 2.28. The molecular weight excluding hydrogens is 308 g/mol. The van der Waals surface area contributed by atoms with Crippen LogP contribution < -0.4 is 5.32 Å². The minimum atomic E-state index is -1.01. The predicted molar refractivity (Wildman–Crippen MR) is 88.5 cm³/mol. The molecule has 1 atom stereocenters. The van der Waals surface area contributed by atoms with E-state index in [-0.39, 0.29) is 16.7 Å². The number of aromatic carboxylic acids is 1. The summed E-state index contributed by atoms with van der Waals surface area (Å²) < 4.78 is 0.955. The zero-order chi connectivity index (χ0) is 15.2. The Kier molecular flexibility index (Phi) is 5.69. The van der Waals surface area contributed by atoms with E-state index in [1.54, 1.807) is 23.9 Å². The zero-order valence-electron chi connectivity index (χ0n) is 11.5. The molecule has 2 rings (SSSR count). The summed E-state index contributed by atoms with van der Waals surface area (Å²) in [4.78, 5) is 27.5. The number of benzene rings is 1. The molecule has 1 amide bonds. The van der Waals surface area contributed by atoms with Crippen LogP contribution in [-0.2, 0) is 4.79 Å². The summed E-state index contributed by atoms with van der Waals surface area (Å²) in [6.45, 7) is 2.76. The Hall–Kier alpha value is -1.47. The van der Waals surface area contributed by atoms with Crippen LogP contribution in [0.4, 0.5) is 5.69 Å². The largest absolute Gasteiger partial charge is 0.478 e. The first-order valence-corrected chi connectivity index (χ1v) is 8.44. The van der Waals surface area contributed by atoms with Gasteiger partial charge >= 0.3 is 5.97 Å². The average Bonchev–Trinajstić information content (AvgIpc) is 2.97. The lowest BCUT2D eigenvalue weighted by molar-refractivity contribution is -0.115. The summed E-state index contributed by atoms with van der Waals surface area (Å²) in [5, 5.41) is 11.5. The molecule has 0 aromatic heterocycles. The SMILES string of the molecule is CCC(SC1=NCCS1)C(=O)Nc1cccc(C(=O)O)c1. The van der Waals surface area contributed by atoms with Crippen LogP contribution in [0.15, 0.2) is 29.3 Å². The van der Waals surface area contributed by atoms with Crippen molar-refractivity contribution in [3.8, 4) is 0 Å². The Morgan fingerprint density at radius 2 is 2.33 bits per heavy atom. The molecule has 0 spiro atoms. The van der Waals surface area contributed by atoms with Gasteiger partial charge in [0, 0.05) is 11.4 Å². The molecule has 5 nitrogen and oxygen atoms in total. The Labute approximate surface area is 131 Å². The van der Waals surface area contributed by atoms with E-state index in [1.165, 1.54) is 23.9 Å². The lowest BCUT2D eigenvalue weighted by Gasteiger charge is -2.14. The van der Waals surface area contributed by atoms with Crippen LogP contribution in [-0.4, -0.2) is 38.9 Å². The molecule has 0 saturated heterocycles. The van der Waals surface area contributed by atoms with E-state index < -0.39 is 5.97 Å². The minimum absolute atomic E-state index is 0.125. The summed E-state index contributed by atoms with van der Waals surface area (Å²) in [5.41, 5.74) is 0.657. The highest BCUT2D eigenvalue weighted by molar-refractivity contribution is 8.39. The van der Waals surface area contributed by atoms with Gasteiger partial charge in [0.15, 0.2) is 0 Å². The summed E-state index contributed by atoms with van der Waals surface area (Å²) >= 11 is 3.15. The minimum Gasteiger partial charge on any atom is -0.478 e. The van der Waals surface area contributed by atoms with Gasteiger partial charge in [0.25, 0.3) is 0 Å². The number of hydrogen-bond acceptors (Lipinski definition) is 5. The van der Waals surface area contributed by atoms with Crippen molar-refractivity contribution in [3.05, 3.63) is 29.8 Å². The standard InChI is InChI=1S/C14H16N2O3S2/c1-2-11(21-14-15-6-7-20-14)12(17)16-10-5-3-4-9(8-10)13(18)19/h3-5,8,11H,2,6-7H2,1H3,(H,16,17)(H,18,19). The molecule has 0 bridgehead atoms. The van der Waals surface area contributed by atoms with Gasteiger partial charge in [-0.25, -0.2) is 4.79 Å². The molecule has 1 aromatic rings. The molecular formula is C14H16N2O3S2. The van der Waals surface area contributed by atoms with E-state index in [0.29, 0.717) is 12.1 Å². The Morgan fingerprint density at radius 1 is 1.52 bits per heavy atom. The molecule has 1 unspecified atom stereocenters.